The average molecular weight is 192 g/mol. The first-order valence-corrected chi connectivity index (χ1v) is 3.96. The normalized spacial score (nSPS) is 10.4. The molecule has 72 valence electrons. The molecule has 0 aliphatic heterocycles. The lowest BCUT2D eigenvalue weighted by molar-refractivity contribution is -0.131. The Balaban J connectivity index is 3.08. The summed E-state index contributed by atoms with van der Waals surface area (Å²) < 4.78 is 12.7. The fraction of sp³-hybridized carbons (Fsp3) is 0. The maximum Gasteiger partial charge on any atom is 0.328 e. The van der Waals surface area contributed by atoms with Gasteiger partial charge in [-0.1, -0.05) is 18.7 Å². The van der Waals surface area contributed by atoms with Gasteiger partial charge in [0.2, 0.25) is 0 Å². The molecule has 0 spiro atoms. The maximum absolute atomic E-state index is 12.7. The molecule has 3 heteroatoms. The summed E-state index contributed by atoms with van der Waals surface area (Å²) in [6.07, 6.45) is 3.88. The summed E-state index contributed by atoms with van der Waals surface area (Å²) in [4.78, 5) is 10.3. The first kappa shape index (κ1) is 10.2. The van der Waals surface area contributed by atoms with E-state index in [1.54, 1.807) is 0 Å². The van der Waals surface area contributed by atoms with Gasteiger partial charge >= 0.3 is 5.97 Å². The zero-order chi connectivity index (χ0) is 10.6. The number of hydrogen-bond acceptors (Lipinski definition) is 1. The average Bonchev–Trinajstić information content (AvgIpc) is 2.15. The van der Waals surface area contributed by atoms with E-state index >= 15 is 0 Å². The van der Waals surface area contributed by atoms with Crippen LogP contribution < -0.4 is 0 Å². The van der Waals surface area contributed by atoms with Crippen molar-refractivity contribution in [3.63, 3.8) is 0 Å². The maximum atomic E-state index is 12.7. The Labute approximate surface area is 81.0 Å². The predicted molar refractivity (Wildman–Crippen MR) is 53.2 cm³/mol. The molecule has 0 fully saturated rings. The zero-order valence-electron chi connectivity index (χ0n) is 7.40. The van der Waals surface area contributed by atoms with Crippen molar-refractivity contribution in [1.82, 2.24) is 0 Å². The van der Waals surface area contributed by atoms with Crippen LogP contribution in [0.25, 0.3) is 12.2 Å². The van der Waals surface area contributed by atoms with Gasteiger partial charge in [0.25, 0.3) is 0 Å². The van der Waals surface area contributed by atoms with Gasteiger partial charge in [-0.25, -0.2) is 9.18 Å². The Morgan fingerprint density at radius 2 is 2.14 bits per heavy atom. The van der Waals surface area contributed by atoms with Crippen LogP contribution >= 0.6 is 0 Å². The van der Waals surface area contributed by atoms with Crippen LogP contribution in [-0.4, -0.2) is 11.1 Å². The summed E-state index contributed by atoms with van der Waals surface area (Å²) in [5.41, 5.74) is 1.20. The van der Waals surface area contributed by atoms with Gasteiger partial charge in [0, 0.05) is 6.08 Å². The molecule has 0 radical (unpaired) electrons. The van der Waals surface area contributed by atoms with Crippen LogP contribution in [0, 0.1) is 5.82 Å². The van der Waals surface area contributed by atoms with Gasteiger partial charge in [-0.05, 0) is 29.3 Å². The van der Waals surface area contributed by atoms with Crippen LogP contribution in [0.4, 0.5) is 4.39 Å². The van der Waals surface area contributed by atoms with Gasteiger partial charge in [-0.15, -0.1) is 0 Å². The van der Waals surface area contributed by atoms with Crippen molar-refractivity contribution < 1.29 is 14.3 Å². The second kappa shape index (κ2) is 4.37. The molecule has 0 atom stereocenters. The lowest BCUT2D eigenvalue weighted by Crippen LogP contribution is -1.88. The Bertz CT molecular complexity index is 394. The highest BCUT2D eigenvalue weighted by Gasteiger charge is 1.98. The van der Waals surface area contributed by atoms with E-state index in [2.05, 4.69) is 6.58 Å². The third kappa shape index (κ3) is 2.55. The van der Waals surface area contributed by atoms with Crippen molar-refractivity contribution in [3.8, 4) is 0 Å². The van der Waals surface area contributed by atoms with Crippen LogP contribution in [0.15, 0.2) is 30.9 Å². The summed E-state index contributed by atoms with van der Waals surface area (Å²) in [6.45, 7) is 3.51. The van der Waals surface area contributed by atoms with Crippen molar-refractivity contribution in [2.24, 2.45) is 0 Å². The fourth-order valence-electron chi connectivity index (χ4n) is 1.04. The van der Waals surface area contributed by atoms with Crippen LogP contribution in [0.2, 0.25) is 0 Å². The molecule has 0 saturated carbocycles. The van der Waals surface area contributed by atoms with E-state index in [4.69, 9.17) is 5.11 Å². The highest BCUT2D eigenvalue weighted by Crippen LogP contribution is 2.14. The second-order valence-electron chi connectivity index (χ2n) is 2.65. The van der Waals surface area contributed by atoms with E-state index in [-0.39, 0.29) is 5.82 Å². The molecule has 0 aliphatic rings. The molecule has 0 saturated heterocycles. The molecule has 0 bridgehead atoms. The summed E-state index contributed by atoms with van der Waals surface area (Å²) in [6, 6.07) is 4.08. The predicted octanol–water partition coefficient (Wildman–Crippen LogP) is 2.57. The zero-order valence-corrected chi connectivity index (χ0v) is 7.40. The molecule has 0 amide bonds. The van der Waals surface area contributed by atoms with Crippen LogP contribution in [0.3, 0.4) is 0 Å². The minimum absolute atomic E-state index is 0.368. The monoisotopic (exact) mass is 192 g/mol. The number of carboxylic acids is 1. The first-order valence-electron chi connectivity index (χ1n) is 3.96. The largest absolute Gasteiger partial charge is 0.478 e. The summed E-state index contributed by atoms with van der Waals surface area (Å²) in [5.74, 6) is -1.41. The molecule has 0 heterocycles. The minimum atomic E-state index is -1.04. The van der Waals surface area contributed by atoms with Crippen molar-refractivity contribution in [2.75, 3.05) is 0 Å². The van der Waals surface area contributed by atoms with Crippen LogP contribution in [-0.2, 0) is 4.79 Å². The summed E-state index contributed by atoms with van der Waals surface area (Å²) >= 11 is 0. The van der Waals surface area contributed by atoms with E-state index in [1.807, 2.05) is 0 Å². The van der Waals surface area contributed by atoms with Crippen LogP contribution in [0.5, 0.6) is 0 Å². The van der Waals surface area contributed by atoms with Gasteiger partial charge in [0.05, 0.1) is 0 Å². The second-order valence-corrected chi connectivity index (χ2v) is 2.65. The van der Waals surface area contributed by atoms with Gasteiger partial charge in [-0.2, -0.15) is 0 Å². The molecule has 0 unspecified atom stereocenters. The first-order chi connectivity index (χ1) is 6.63. The highest BCUT2D eigenvalue weighted by molar-refractivity contribution is 5.86. The quantitative estimate of drug-likeness (QED) is 0.747. The number of benzene rings is 1. The number of carbonyl (C=O) groups is 1. The molecular weight excluding hydrogens is 183 g/mol. The highest BCUT2D eigenvalue weighted by atomic mass is 19.1. The van der Waals surface area contributed by atoms with Gasteiger partial charge < -0.3 is 5.11 Å². The lowest BCUT2D eigenvalue weighted by Gasteiger charge is -1.99. The van der Waals surface area contributed by atoms with E-state index < -0.39 is 5.97 Å². The Kier molecular flexibility index (Phi) is 3.18. The molecule has 14 heavy (non-hydrogen) atoms. The van der Waals surface area contributed by atoms with Crippen molar-refractivity contribution in [1.29, 1.82) is 0 Å². The van der Waals surface area contributed by atoms with Crippen molar-refractivity contribution >= 4 is 18.1 Å². The van der Waals surface area contributed by atoms with Crippen molar-refractivity contribution in [2.45, 2.75) is 0 Å². The molecular formula is C11H9FO2. The smallest absolute Gasteiger partial charge is 0.328 e. The minimum Gasteiger partial charge on any atom is -0.478 e. The molecule has 0 aliphatic carbocycles. The van der Waals surface area contributed by atoms with E-state index in [9.17, 15) is 9.18 Å². The number of aliphatic carboxylic acids is 1. The molecule has 1 aromatic carbocycles. The number of carboxylic acid groups (broad SMARTS) is 1. The van der Waals surface area contributed by atoms with Gasteiger partial charge in [0.1, 0.15) is 5.82 Å². The third-order valence-corrected chi connectivity index (χ3v) is 1.67. The third-order valence-electron chi connectivity index (χ3n) is 1.67. The summed E-state index contributed by atoms with van der Waals surface area (Å²) in [5, 5.41) is 8.41. The van der Waals surface area contributed by atoms with Crippen LogP contribution in [0.1, 0.15) is 11.1 Å². The molecule has 0 aromatic heterocycles. The molecule has 1 aromatic rings. The SMILES string of the molecule is C=Cc1cc(F)ccc1/C=C/C(=O)O. The van der Waals surface area contributed by atoms with E-state index in [0.29, 0.717) is 11.1 Å². The number of hydrogen-bond donors (Lipinski definition) is 1. The molecule has 2 nitrogen and oxygen atoms in total. The van der Waals surface area contributed by atoms with E-state index in [0.717, 1.165) is 6.08 Å². The van der Waals surface area contributed by atoms with E-state index in [1.165, 1.54) is 30.4 Å². The number of rotatable bonds is 3. The van der Waals surface area contributed by atoms with Gasteiger partial charge in [-0.3, -0.25) is 0 Å². The Hall–Kier alpha value is -1.90. The van der Waals surface area contributed by atoms with Gasteiger partial charge in [0.15, 0.2) is 0 Å². The number of halogens is 1. The molecule has 1 rings (SSSR count). The summed E-state index contributed by atoms with van der Waals surface area (Å²) in [7, 11) is 0. The Morgan fingerprint density at radius 1 is 1.43 bits per heavy atom. The fourth-order valence-corrected chi connectivity index (χ4v) is 1.04. The van der Waals surface area contributed by atoms with Crippen molar-refractivity contribution in [3.05, 3.63) is 47.8 Å². The molecule has 1 N–H and O–H groups in total. The topological polar surface area (TPSA) is 37.3 Å². The Morgan fingerprint density at radius 3 is 2.71 bits per heavy atom. The standard InChI is InChI=1S/C11H9FO2/c1-2-8-7-10(12)5-3-9(8)4-6-11(13)14/h2-7H,1H2,(H,13,14)/b6-4+. The lowest BCUT2D eigenvalue weighted by atomic mass is 10.1.